The average molecular weight is 311 g/mol. The van der Waals surface area contributed by atoms with Gasteiger partial charge in [-0.15, -0.1) is 0 Å². The van der Waals surface area contributed by atoms with Crippen LogP contribution in [0.25, 0.3) is 0 Å². The largest absolute Gasteiger partial charge is 0.493 e. The zero-order valence-corrected chi connectivity index (χ0v) is 13.5. The van der Waals surface area contributed by atoms with E-state index in [1.807, 2.05) is 6.07 Å². The molecule has 6 nitrogen and oxygen atoms in total. The molecule has 1 aromatic rings. The molecule has 0 saturated carbocycles. The van der Waals surface area contributed by atoms with Gasteiger partial charge in [-0.25, -0.2) is 0 Å². The molecule has 0 amide bonds. The molecule has 2 rings (SSSR count). The zero-order valence-electron chi connectivity index (χ0n) is 13.5. The number of benzene rings is 1. The molecule has 0 aromatic heterocycles. The standard InChI is InChI=1S/C16H25NO5/c1-19-14-5-4-12(15(20-2)16(14)21-3)13(18)6-7-17-8-10-22-11-9-17/h4-5,13,18H,6-11H2,1-3H3. The highest BCUT2D eigenvalue weighted by molar-refractivity contribution is 5.56. The van der Waals surface area contributed by atoms with Crippen LogP contribution >= 0.6 is 0 Å². The second-order valence-electron chi connectivity index (χ2n) is 5.18. The predicted molar refractivity (Wildman–Crippen MR) is 82.9 cm³/mol. The molecule has 0 aliphatic carbocycles. The average Bonchev–Trinajstić information content (AvgIpc) is 2.58. The number of aliphatic hydroxyl groups is 1. The number of rotatable bonds is 7. The SMILES string of the molecule is COc1ccc(C(O)CCN2CCOCC2)c(OC)c1OC. The summed E-state index contributed by atoms with van der Waals surface area (Å²) in [7, 11) is 4.70. The van der Waals surface area contributed by atoms with E-state index in [1.165, 1.54) is 0 Å². The van der Waals surface area contributed by atoms with Gasteiger partial charge in [0.1, 0.15) is 0 Å². The smallest absolute Gasteiger partial charge is 0.203 e. The van der Waals surface area contributed by atoms with E-state index >= 15 is 0 Å². The molecule has 1 aromatic carbocycles. The van der Waals surface area contributed by atoms with Crippen LogP contribution < -0.4 is 14.2 Å². The van der Waals surface area contributed by atoms with Crippen molar-refractivity contribution >= 4 is 0 Å². The van der Waals surface area contributed by atoms with E-state index in [-0.39, 0.29) is 0 Å². The molecule has 1 aliphatic heterocycles. The first kappa shape index (κ1) is 16.9. The van der Waals surface area contributed by atoms with Crippen LogP contribution in [0.5, 0.6) is 17.2 Å². The minimum absolute atomic E-state index is 0.507. The molecule has 0 bridgehead atoms. The van der Waals surface area contributed by atoms with E-state index in [0.29, 0.717) is 29.2 Å². The molecule has 6 heteroatoms. The lowest BCUT2D eigenvalue weighted by Crippen LogP contribution is -2.37. The van der Waals surface area contributed by atoms with Crippen molar-refractivity contribution in [2.24, 2.45) is 0 Å². The molecule has 1 aliphatic rings. The number of morpholine rings is 1. The fourth-order valence-corrected chi connectivity index (χ4v) is 2.67. The van der Waals surface area contributed by atoms with Gasteiger partial charge in [-0.05, 0) is 18.6 Å². The normalized spacial score (nSPS) is 17.1. The summed E-state index contributed by atoms with van der Waals surface area (Å²) in [5.41, 5.74) is 0.716. The lowest BCUT2D eigenvalue weighted by Gasteiger charge is -2.27. The van der Waals surface area contributed by atoms with Gasteiger partial charge in [-0.3, -0.25) is 4.90 Å². The van der Waals surface area contributed by atoms with Gasteiger partial charge >= 0.3 is 0 Å². The Morgan fingerprint density at radius 2 is 1.77 bits per heavy atom. The van der Waals surface area contributed by atoms with Crippen LogP contribution in [-0.4, -0.2) is 64.2 Å². The summed E-state index contributed by atoms with van der Waals surface area (Å²) in [6, 6.07) is 3.61. The molecule has 1 atom stereocenters. The summed E-state index contributed by atoms with van der Waals surface area (Å²) in [5.74, 6) is 1.62. The molecular weight excluding hydrogens is 286 g/mol. The molecule has 1 unspecified atom stereocenters. The summed E-state index contributed by atoms with van der Waals surface area (Å²) in [4.78, 5) is 2.29. The molecule has 0 radical (unpaired) electrons. The van der Waals surface area contributed by atoms with Crippen LogP contribution in [0.3, 0.4) is 0 Å². The number of ether oxygens (including phenoxy) is 4. The highest BCUT2D eigenvalue weighted by Crippen LogP contribution is 2.42. The van der Waals surface area contributed by atoms with Crippen molar-refractivity contribution in [2.45, 2.75) is 12.5 Å². The third kappa shape index (κ3) is 3.82. The van der Waals surface area contributed by atoms with Crippen LogP contribution in [0.15, 0.2) is 12.1 Å². The molecule has 124 valence electrons. The van der Waals surface area contributed by atoms with Gasteiger partial charge in [0, 0.05) is 25.2 Å². The van der Waals surface area contributed by atoms with Crippen LogP contribution in [0.2, 0.25) is 0 Å². The number of hydrogen-bond acceptors (Lipinski definition) is 6. The fourth-order valence-electron chi connectivity index (χ4n) is 2.67. The zero-order chi connectivity index (χ0) is 15.9. The van der Waals surface area contributed by atoms with Crippen molar-refractivity contribution in [2.75, 3.05) is 54.2 Å². The molecule has 22 heavy (non-hydrogen) atoms. The summed E-state index contributed by atoms with van der Waals surface area (Å²) in [6.45, 7) is 4.17. The van der Waals surface area contributed by atoms with Crippen molar-refractivity contribution in [1.82, 2.24) is 4.90 Å². The first-order valence-corrected chi connectivity index (χ1v) is 7.48. The Morgan fingerprint density at radius 1 is 1.09 bits per heavy atom. The predicted octanol–water partition coefficient (Wildman–Crippen LogP) is 1.47. The second-order valence-corrected chi connectivity index (χ2v) is 5.18. The Kier molecular flexibility index (Phi) is 6.30. The van der Waals surface area contributed by atoms with Gasteiger partial charge in [-0.1, -0.05) is 0 Å². The number of hydrogen-bond donors (Lipinski definition) is 1. The van der Waals surface area contributed by atoms with Crippen LogP contribution in [0.4, 0.5) is 0 Å². The van der Waals surface area contributed by atoms with Gasteiger partial charge in [0.25, 0.3) is 0 Å². The van der Waals surface area contributed by atoms with E-state index in [0.717, 1.165) is 32.8 Å². The van der Waals surface area contributed by atoms with Gasteiger partial charge in [0.15, 0.2) is 11.5 Å². The maximum Gasteiger partial charge on any atom is 0.203 e. The molecular formula is C16H25NO5. The Labute approximate surface area is 131 Å². The van der Waals surface area contributed by atoms with Crippen LogP contribution in [0.1, 0.15) is 18.1 Å². The Hall–Kier alpha value is -1.50. The third-order valence-corrected chi connectivity index (χ3v) is 3.92. The van der Waals surface area contributed by atoms with Crippen molar-refractivity contribution in [3.63, 3.8) is 0 Å². The minimum atomic E-state index is -0.613. The van der Waals surface area contributed by atoms with E-state index in [4.69, 9.17) is 18.9 Å². The highest BCUT2D eigenvalue weighted by atomic mass is 16.5. The number of nitrogens with zero attached hydrogens (tertiary/aromatic N) is 1. The van der Waals surface area contributed by atoms with Crippen molar-refractivity contribution in [3.8, 4) is 17.2 Å². The lowest BCUT2D eigenvalue weighted by atomic mass is 10.0. The van der Waals surface area contributed by atoms with E-state index in [1.54, 1.807) is 27.4 Å². The van der Waals surface area contributed by atoms with Crippen molar-refractivity contribution in [1.29, 1.82) is 0 Å². The second kappa shape index (κ2) is 8.22. The molecule has 1 saturated heterocycles. The quantitative estimate of drug-likeness (QED) is 0.823. The highest BCUT2D eigenvalue weighted by Gasteiger charge is 2.21. The first-order chi connectivity index (χ1) is 10.7. The van der Waals surface area contributed by atoms with Crippen LogP contribution in [0, 0.1) is 0 Å². The van der Waals surface area contributed by atoms with Crippen molar-refractivity contribution < 1.29 is 24.1 Å². The molecule has 1 heterocycles. The van der Waals surface area contributed by atoms with E-state index in [2.05, 4.69) is 4.90 Å². The van der Waals surface area contributed by atoms with Gasteiger partial charge in [0.05, 0.1) is 40.6 Å². The monoisotopic (exact) mass is 311 g/mol. The van der Waals surface area contributed by atoms with E-state index < -0.39 is 6.10 Å². The Morgan fingerprint density at radius 3 is 2.36 bits per heavy atom. The van der Waals surface area contributed by atoms with Gasteiger partial charge in [-0.2, -0.15) is 0 Å². The maximum absolute atomic E-state index is 10.5. The number of aliphatic hydroxyl groups excluding tert-OH is 1. The van der Waals surface area contributed by atoms with Crippen LogP contribution in [-0.2, 0) is 4.74 Å². The summed E-state index contributed by atoms with van der Waals surface area (Å²) in [5, 5.41) is 10.5. The third-order valence-electron chi connectivity index (χ3n) is 3.92. The van der Waals surface area contributed by atoms with Gasteiger partial charge in [0.2, 0.25) is 5.75 Å². The lowest BCUT2D eigenvalue weighted by molar-refractivity contribution is 0.0298. The Balaban J connectivity index is 2.09. The van der Waals surface area contributed by atoms with Crippen molar-refractivity contribution in [3.05, 3.63) is 17.7 Å². The topological polar surface area (TPSA) is 60.4 Å². The fraction of sp³-hybridized carbons (Fsp3) is 0.625. The Bertz CT molecular complexity index is 474. The molecule has 1 fully saturated rings. The van der Waals surface area contributed by atoms with Gasteiger partial charge < -0.3 is 24.1 Å². The minimum Gasteiger partial charge on any atom is -0.493 e. The maximum atomic E-state index is 10.5. The summed E-state index contributed by atoms with van der Waals surface area (Å²) in [6.07, 6.45) is 0.0175. The first-order valence-electron chi connectivity index (χ1n) is 7.48. The summed E-state index contributed by atoms with van der Waals surface area (Å²) < 4.78 is 21.4. The molecule has 0 spiro atoms. The number of methoxy groups -OCH3 is 3. The van der Waals surface area contributed by atoms with E-state index in [9.17, 15) is 5.11 Å². The summed E-state index contributed by atoms with van der Waals surface area (Å²) >= 11 is 0. The molecule has 1 N–H and O–H groups in total.